The molecule has 1 heterocycles. The first kappa shape index (κ1) is 16.4. The summed E-state index contributed by atoms with van der Waals surface area (Å²) in [6.45, 7) is 8.07. The summed E-state index contributed by atoms with van der Waals surface area (Å²) in [4.78, 5) is 15.9. The molecular weight excluding hydrogens is 261 g/mol. The molecule has 0 aromatic carbocycles. The number of aromatic nitrogens is 1. The Morgan fingerprint density at radius 1 is 1.50 bits per heavy atom. The fraction of sp³-hybridized carbons (Fsp3) is 0.571. The third-order valence-corrected chi connectivity index (χ3v) is 2.43. The molecule has 2 N–H and O–H groups in total. The smallest absolute Gasteiger partial charge is 0.255 e. The number of hydrogen-bond acceptors (Lipinski definition) is 4. The molecule has 1 amide bonds. The van der Waals surface area contributed by atoms with E-state index in [0.717, 1.165) is 6.20 Å². The molecule has 6 heteroatoms. The van der Waals surface area contributed by atoms with E-state index >= 15 is 0 Å². The summed E-state index contributed by atoms with van der Waals surface area (Å²) in [7, 11) is 0. The second-order valence-electron chi connectivity index (χ2n) is 4.80. The van der Waals surface area contributed by atoms with Crippen molar-refractivity contribution in [2.75, 3.05) is 31.6 Å². The van der Waals surface area contributed by atoms with E-state index in [1.807, 2.05) is 6.92 Å². The number of pyridine rings is 1. The van der Waals surface area contributed by atoms with Crippen LogP contribution in [-0.4, -0.2) is 37.2 Å². The lowest BCUT2D eigenvalue weighted by molar-refractivity contribution is 0.0886. The van der Waals surface area contributed by atoms with E-state index in [4.69, 9.17) is 4.74 Å². The predicted molar refractivity (Wildman–Crippen MR) is 76.3 cm³/mol. The van der Waals surface area contributed by atoms with E-state index in [-0.39, 0.29) is 11.5 Å². The Kier molecular flexibility index (Phi) is 6.93. The van der Waals surface area contributed by atoms with Crippen molar-refractivity contribution in [3.05, 3.63) is 23.6 Å². The van der Waals surface area contributed by atoms with Crippen molar-refractivity contribution in [2.45, 2.75) is 20.8 Å². The van der Waals surface area contributed by atoms with Crippen LogP contribution in [0.4, 0.5) is 10.2 Å². The molecule has 0 aliphatic carbocycles. The average molecular weight is 283 g/mol. The monoisotopic (exact) mass is 283 g/mol. The molecular formula is C14H22FN3O2. The van der Waals surface area contributed by atoms with Gasteiger partial charge in [-0.2, -0.15) is 0 Å². The number of carbonyl (C=O) groups excluding carboxylic acids is 1. The molecule has 0 saturated carbocycles. The van der Waals surface area contributed by atoms with Crippen LogP contribution in [0.15, 0.2) is 12.3 Å². The van der Waals surface area contributed by atoms with Gasteiger partial charge in [-0.1, -0.05) is 13.8 Å². The van der Waals surface area contributed by atoms with Crippen LogP contribution in [0.5, 0.6) is 0 Å². The van der Waals surface area contributed by atoms with E-state index in [9.17, 15) is 9.18 Å². The number of anilines is 1. The molecule has 0 fully saturated rings. The highest BCUT2D eigenvalue weighted by Crippen LogP contribution is 2.13. The summed E-state index contributed by atoms with van der Waals surface area (Å²) in [5.74, 6) is -0.0538. The van der Waals surface area contributed by atoms with Crippen molar-refractivity contribution in [1.82, 2.24) is 10.3 Å². The first-order valence-corrected chi connectivity index (χ1v) is 6.80. The molecule has 0 atom stereocenters. The molecule has 0 bridgehead atoms. The highest BCUT2D eigenvalue weighted by atomic mass is 19.1. The summed E-state index contributed by atoms with van der Waals surface area (Å²) < 4.78 is 18.5. The van der Waals surface area contributed by atoms with Crippen LogP contribution in [0.1, 0.15) is 31.1 Å². The van der Waals surface area contributed by atoms with Crippen molar-refractivity contribution in [3.63, 3.8) is 0 Å². The van der Waals surface area contributed by atoms with Crippen molar-refractivity contribution < 1.29 is 13.9 Å². The van der Waals surface area contributed by atoms with Crippen LogP contribution in [0, 0.1) is 11.7 Å². The molecule has 20 heavy (non-hydrogen) atoms. The number of nitrogens with zero attached hydrogens (tertiary/aromatic N) is 1. The predicted octanol–water partition coefficient (Wildman–Crippen LogP) is 2.05. The van der Waals surface area contributed by atoms with E-state index < -0.39 is 5.82 Å². The van der Waals surface area contributed by atoms with Crippen LogP contribution < -0.4 is 10.6 Å². The minimum atomic E-state index is -0.534. The number of ether oxygens (including phenoxy) is 1. The van der Waals surface area contributed by atoms with Gasteiger partial charge in [-0.25, -0.2) is 9.37 Å². The zero-order valence-electron chi connectivity index (χ0n) is 12.2. The van der Waals surface area contributed by atoms with Gasteiger partial charge in [-0.3, -0.25) is 4.79 Å². The van der Waals surface area contributed by atoms with Gasteiger partial charge < -0.3 is 15.4 Å². The van der Waals surface area contributed by atoms with Crippen molar-refractivity contribution in [1.29, 1.82) is 0 Å². The Morgan fingerprint density at radius 3 is 2.90 bits per heavy atom. The van der Waals surface area contributed by atoms with Gasteiger partial charge >= 0.3 is 0 Å². The van der Waals surface area contributed by atoms with Crippen LogP contribution in [0.3, 0.4) is 0 Å². The minimum absolute atomic E-state index is 0.204. The van der Waals surface area contributed by atoms with Crippen molar-refractivity contribution in [2.24, 2.45) is 5.92 Å². The molecule has 1 rings (SSSR count). The first-order chi connectivity index (χ1) is 9.54. The summed E-state index contributed by atoms with van der Waals surface area (Å²) >= 11 is 0. The lowest BCUT2D eigenvalue weighted by Crippen LogP contribution is -2.28. The van der Waals surface area contributed by atoms with Crippen molar-refractivity contribution >= 4 is 11.7 Å². The maximum atomic E-state index is 13.2. The fourth-order valence-electron chi connectivity index (χ4n) is 1.57. The number of nitrogens with one attached hydrogen (secondary N) is 2. The molecule has 0 unspecified atom stereocenters. The largest absolute Gasteiger partial charge is 0.379 e. The van der Waals surface area contributed by atoms with Gasteiger partial charge in [0.05, 0.1) is 18.4 Å². The lowest BCUT2D eigenvalue weighted by Gasteiger charge is -2.11. The molecule has 0 aliphatic heterocycles. The third-order valence-electron chi connectivity index (χ3n) is 2.43. The Hall–Kier alpha value is -1.69. The molecule has 1 aromatic heterocycles. The molecule has 0 radical (unpaired) electrons. The maximum Gasteiger partial charge on any atom is 0.255 e. The molecule has 0 aliphatic rings. The van der Waals surface area contributed by atoms with Crippen LogP contribution in [0.2, 0.25) is 0 Å². The van der Waals surface area contributed by atoms with Crippen molar-refractivity contribution in [3.8, 4) is 0 Å². The SMILES string of the molecule is CCNc1ncc(F)cc1C(=O)NCCOCC(C)C. The van der Waals surface area contributed by atoms with E-state index in [0.29, 0.717) is 38.0 Å². The fourth-order valence-corrected chi connectivity index (χ4v) is 1.57. The molecule has 1 aromatic rings. The third kappa shape index (κ3) is 5.52. The highest BCUT2D eigenvalue weighted by Gasteiger charge is 2.13. The molecule has 5 nitrogen and oxygen atoms in total. The lowest BCUT2D eigenvalue weighted by atomic mass is 10.2. The van der Waals surface area contributed by atoms with Gasteiger partial charge in [0, 0.05) is 19.7 Å². The number of hydrogen-bond donors (Lipinski definition) is 2. The number of carbonyl (C=O) groups is 1. The first-order valence-electron chi connectivity index (χ1n) is 6.80. The molecule has 0 saturated heterocycles. The van der Waals surface area contributed by atoms with Crippen LogP contribution in [-0.2, 0) is 4.74 Å². The van der Waals surface area contributed by atoms with Gasteiger partial charge in [0.1, 0.15) is 11.6 Å². The Morgan fingerprint density at radius 2 is 2.25 bits per heavy atom. The normalized spacial score (nSPS) is 10.7. The van der Waals surface area contributed by atoms with Gasteiger partial charge in [-0.05, 0) is 18.9 Å². The summed E-state index contributed by atoms with van der Waals surface area (Å²) in [6, 6.07) is 1.18. The summed E-state index contributed by atoms with van der Waals surface area (Å²) in [6.07, 6.45) is 1.08. The number of rotatable bonds is 8. The van der Waals surface area contributed by atoms with Gasteiger partial charge in [0.15, 0.2) is 0 Å². The topological polar surface area (TPSA) is 63.2 Å². The number of amides is 1. The number of halogens is 1. The quantitative estimate of drug-likeness (QED) is 0.717. The zero-order chi connectivity index (χ0) is 15.0. The Balaban J connectivity index is 2.52. The maximum absolute atomic E-state index is 13.2. The Labute approximate surface area is 118 Å². The molecule has 0 spiro atoms. The summed E-state index contributed by atoms with van der Waals surface area (Å²) in [5, 5.41) is 5.62. The second kappa shape index (κ2) is 8.47. The summed E-state index contributed by atoms with van der Waals surface area (Å²) in [5.41, 5.74) is 0.204. The minimum Gasteiger partial charge on any atom is -0.379 e. The average Bonchev–Trinajstić information content (AvgIpc) is 2.40. The van der Waals surface area contributed by atoms with Crippen LogP contribution in [0.25, 0.3) is 0 Å². The van der Waals surface area contributed by atoms with Gasteiger partial charge in [0.2, 0.25) is 0 Å². The van der Waals surface area contributed by atoms with Gasteiger partial charge in [-0.15, -0.1) is 0 Å². The van der Waals surface area contributed by atoms with E-state index in [1.54, 1.807) is 0 Å². The standard InChI is InChI=1S/C14H22FN3O2/c1-4-16-13-12(7-11(15)8-18-13)14(19)17-5-6-20-9-10(2)3/h7-8,10H,4-6,9H2,1-3H3,(H,16,18)(H,17,19). The zero-order valence-corrected chi connectivity index (χ0v) is 12.2. The highest BCUT2D eigenvalue weighted by molar-refractivity contribution is 5.98. The van der Waals surface area contributed by atoms with E-state index in [1.165, 1.54) is 6.07 Å². The van der Waals surface area contributed by atoms with E-state index in [2.05, 4.69) is 29.5 Å². The Bertz CT molecular complexity index is 438. The van der Waals surface area contributed by atoms with Gasteiger partial charge in [0.25, 0.3) is 5.91 Å². The van der Waals surface area contributed by atoms with Crippen LogP contribution >= 0.6 is 0 Å². The second-order valence-corrected chi connectivity index (χ2v) is 4.80. The molecule has 112 valence electrons.